The van der Waals surface area contributed by atoms with E-state index in [1.165, 1.54) is 0 Å². The first-order valence-corrected chi connectivity index (χ1v) is 6.00. The van der Waals surface area contributed by atoms with Gasteiger partial charge in [0.2, 0.25) is 5.88 Å². The Morgan fingerprint density at radius 2 is 2.05 bits per heavy atom. The van der Waals surface area contributed by atoms with Gasteiger partial charge < -0.3 is 9.47 Å². The molecule has 2 rings (SSSR count). The second-order valence-electron chi connectivity index (χ2n) is 3.81. The van der Waals surface area contributed by atoms with Gasteiger partial charge in [0, 0.05) is 6.07 Å². The van der Waals surface area contributed by atoms with Gasteiger partial charge in [-0.2, -0.15) is 4.99 Å². The molecule has 0 spiro atoms. The number of rotatable bonds is 4. The average Bonchev–Trinajstić information content (AvgIpc) is 2.43. The van der Waals surface area contributed by atoms with E-state index in [-0.39, 0.29) is 0 Å². The Morgan fingerprint density at radius 1 is 1.21 bits per heavy atom. The standard InChI is InChI=1S/C14H12N2O2S/c1-10-3-5-12(13(7-10)17-2)18-14-6-4-11(8-15-14)16-9-19/h3-8H,1-2H3. The summed E-state index contributed by atoms with van der Waals surface area (Å²) < 4.78 is 10.9. The molecule has 0 aliphatic heterocycles. The summed E-state index contributed by atoms with van der Waals surface area (Å²) >= 11 is 4.52. The van der Waals surface area contributed by atoms with Gasteiger partial charge >= 0.3 is 0 Å². The van der Waals surface area contributed by atoms with Gasteiger partial charge in [-0.05, 0) is 42.9 Å². The molecule has 0 saturated carbocycles. The van der Waals surface area contributed by atoms with Crippen LogP contribution in [0.25, 0.3) is 0 Å². The summed E-state index contributed by atoms with van der Waals surface area (Å²) in [6, 6.07) is 9.16. The van der Waals surface area contributed by atoms with Crippen molar-refractivity contribution in [3.05, 3.63) is 42.1 Å². The predicted molar refractivity (Wildman–Crippen MR) is 76.7 cm³/mol. The number of hydrogen-bond acceptors (Lipinski definition) is 5. The van der Waals surface area contributed by atoms with Gasteiger partial charge in [0.25, 0.3) is 0 Å². The van der Waals surface area contributed by atoms with Gasteiger partial charge in [-0.15, -0.1) is 0 Å². The molecule has 0 radical (unpaired) electrons. The van der Waals surface area contributed by atoms with Gasteiger partial charge in [-0.1, -0.05) is 6.07 Å². The highest BCUT2D eigenvalue weighted by Crippen LogP contribution is 2.31. The molecule has 0 amide bonds. The van der Waals surface area contributed by atoms with E-state index in [9.17, 15) is 0 Å². The van der Waals surface area contributed by atoms with Crippen LogP contribution < -0.4 is 9.47 Å². The van der Waals surface area contributed by atoms with Crippen LogP contribution >= 0.6 is 12.2 Å². The van der Waals surface area contributed by atoms with Crippen molar-refractivity contribution in [2.45, 2.75) is 6.92 Å². The van der Waals surface area contributed by atoms with E-state index < -0.39 is 0 Å². The molecule has 0 saturated heterocycles. The third-order valence-corrected chi connectivity index (χ3v) is 2.52. The van der Waals surface area contributed by atoms with E-state index in [0.717, 1.165) is 5.56 Å². The van der Waals surface area contributed by atoms with Crippen LogP contribution in [0.2, 0.25) is 0 Å². The number of aromatic nitrogens is 1. The number of ether oxygens (including phenoxy) is 2. The van der Waals surface area contributed by atoms with Crippen molar-refractivity contribution in [1.29, 1.82) is 0 Å². The number of isothiocyanates is 1. The van der Waals surface area contributed by atoms with Gasteiger partial charge in [0.1, 0.15) is 0 Å². The highest BCUT2D eigenvalue weighted by molar-refractivity contribution is 7.78. The van der Waals surface area contributed by atoms with Crippen molar-refractivity contribution in [2.24, 2.45) is 4.99 Å². The van der Waals surface area contributed by atoms with Crippen LogP contribution in [0.15, 0.2) is 41.5 Å². The van der Waals surface area contributed by atoms with Crippen molar-refractivity contribution < 1.29 is 9.47 Å². The first-order chi connectivity index (χ1) is 9.22. The third kappa shape index (κ3) is 3.37. The Kier molecular flexibility index (Phi) is 4.23. The normalized spacial score (nSPS) is 9.58. The number of thiocarbonyl (C=S) groups is 1. The Morgan fingerprint density at radius 3 is 2.68 bits per heavy atom. The lowest BCUT2D eigenvalue weighted by atomic mass is 10.2. The smallest absolute Gasteiger partial charge is 0.219 e. The largest absolute Gasteiger partial charge is 0.493 e. The van der Waals surface area contributed by atoms with Crippen LogP contribution in [-0.2, 0) is 0 Å². The molecule has 0 N–H and O–H groups in total. The lowest BCUT2D eigenvalue weighted by molar-refractivity contribution is 0.374. The Labute approximate surface area is 116 Å². The predicted octanol–water partition coefficient (Wildman–Crippen LogP) is 3.93. The molecule has 5 heteroatoms. The van der Waals surface area contributed by atoms with Crippen molar-refractivity contribution >= 4 is 23.1 Å². The van der Waals surface area contributed by atoms with Crippen molar-refractivity contribution in [3.8, 4) is 17.4 Å². The van der Waals surface area contributed by atoms with Crippen LogP contribution in [0, 0.1) is 6.92 Å². The van der Waals surface area contributed by atoms with Crippen LogP contribution in [0.1, 0.15) is 5.56 Å². The van der Waals surface area contributed by atoms with Gasteiger partial charge in [0.05, 0.1) is 24.2 Å². The number of aliphatic imine (C=N–C) groups is 1. The van der Waals surface area contributed by atoms with Crippen molar-refractivity contribution in [2.75, 3.05) is 7.11 Å². The summed E-state index contributed by atoms with van der Waals surface area (Å²) in [5, 5.41) is 2.29. The second kappa shape index (κ2) is 6.09. The maximum atomic E-state index is 5.66. The van der Waals surface area contributed by atoms with Gasteiger partial charge in [-0.3, -0.25) is 0 Å². The van der Waals surface area contributed by atoms with E-state index in [1.54, 1.807) is 25.4 Å². The summed E-state index contributed by atoms with van der Waals surface area (Å²) in [7, 11) is 1.60. The van der Waals surface area contributed by atoms with E-state index in [1.807, 2.05) is 25.1 Å². The maximum absolute atomic E-state index is 5.66. The lowest BCUT2D eigenvalue weighted by Gasteiger charge is -2.10. The number of aryl methyl sites for hydroxylation is 1. The maximum Gasteiger partial charge on any atom is 0.219 e. The fraction of sp³-hybridized carbons (Fsp3) is 0.143. The molecule has 1 aromatic heterocycles. The molecule has 2 aromatic rings. The lowest BCUT2D eigenvalue weighted by Crippen LogP contribution is -1.92. The van der Waals surface area contributed by atoms with Crippen LogP contribution in [0.4, 0.5) is 5.69 Å². The quantitative estimate of drug-likeness (QED) is 0.625. The van der Waals surface area contributed by atoms with Crippen LogP contribution in [-0.4, -0.2) is 17.3 Å². The first kappa shape index (κ1) is 13.2. The molecule has 1 aromatic carbocycles. The van der Waals surface area contributed by atoms with Crippen molar-refractivity contribution in [1.82, 2.24) is 4.98 Å². The SMILES string of the molecule is COc1cc(C)ccc1Oc1ccc(N=C=S)cn1. The number of nitrogens with zero attached hydrogens (tertiary/aromatic N) is 2. The number of pyridine rings is 1. The Balaban J connectivity index is 2.23. The second-order valence-corrected chi connectivity index (χ2v) is 4.00. The molecule has 0 aliphatic carbocycles. The Bertz CT molecular complexity index is 620. The molecule has 0 unspecified atom stereocenters. The molecule has 19 heavy (non-hydrogen) atoms. The van der Waals surface area contributed by atoms with Gasteiger partial charge in [0.15, 0.2) is 11.5 Å². The summed E-state index contributed by atoms with van der Waals surface area (Å²) in [4.78, 5) is 7.95. The summed E-state index contributed by atoms with van der Waals surface area (Å²) in [5.41, 5.74) is 1.74. The summed E-state index contributed by atoms with van der Waals surface area (Å²) in [5.74, 6) is 1.75. The fourth-order valence-electron chi connectivity index (χ4n) is 1.52. The number of hydrogen-bond donors (Lipinski definition) is 0. The van der Waals surface area contributed by atoms with E-state index in [2.05, 4.69) is 27.4 Å². The van der Waals surface area contributed by atoms with Gasteiger partial charge in [-0.25, -0.2) is 4.98 Å². The molecule has 96 valence electrons. The average molecular weight is 272 g/mol. The molecule has 0 aliphatic rings. The minimum atomic E-state index is 0.463. The first-order valence-electron chi connectivity index (χ1n) is 5.59. The molecule has 0 fully saturated rings. The number of benzene rings is 1. The zero-order valence-electron chi connectivity index (χ0n) is 10.6. The third-order valence-electron chi connectivity index (χ3n) is 2.43. The molecular weight excluding hydrogens is 260 g/mol. The van der Waals surface area contributed by atoms with Crippen LogP contribution in [0.3, 0.4) is 0 Å². The van der Waals surface area contributed by atoms with E-state index >= 15 is 0 Å². The molecule has 0 atom stereocenters. The zero-order chi connectivity index (χ0) is 13.7. The van der Waals surface area contributed by atoms with Crippen LogP contribution in [0.5, 0.6) is 17.4 Å². The molecule has 1 heterocycles. The monoisotopic (exact) mass is 272 g/mol. The fourth-order valence-corrected chi connectivity index (χ4v) is 1.63. The molecular formula is C14H12N2O2S. The highest BCUT2D eigenvalue weighted by Gasteiger charge is 2.06. The topological polar surface area (TPSA) is 43.7 Å². The van der Waals surface area contributed by atoms with E-state index in [4.69, 9.17) is 9.47 Å². The molecule has 0 bridgehead atoms. The Hall–Kier alpha value is -2.23. The highest BCUT2D eigenvalue weighted by atomic mass is 32.1. The number of methoxy groups -OCH3 is 1. The van der Waals surface area contributed by atoms with Crippen molar-refractivity contribution in [3.63, 3.8) is 0 Å². The summed E-state index contributed by atoms with van der Waals surface area (Å²) in [6.07, 6.45) is 1.56. The summed E-state index contributed by atoms with van der Waals surface area (Å²) in [6.45, 7) is 1.99. The molecule has 4 nitrogen and oxygen atoms in total. The zero-order valence-corrected chi connectivity index (χ0v) is 11.4. The minimum absolute atomic E-state index is 0.463. The minimum Gasteiger partial charge on any atom is -0.493 e. The van der Waals surface area contributed by atoms with E-state index in [0.29, 0.717) is 23.1 Å².